The Bertz CT molecular complexity index is 426. The van der Waals surface area contributed by atoms with Crippen LogP contribution < -0.4 is 0 Å². The summed E-state index contributed by atoms with van der Waals surface area (Å²) in [6.07, 6.45) is 0.405. The summed E-state index contributed by atoms with van der Waals surface area (Å²) in [5.41, 5.74) is 2.24. The van der Waals surface area contributed by atoms with Crippen molar-refractivity contribution in [2.45, 2.75) is 12.3 Å². The van der Waals surface area contributed by atoms with E-state index in [2.05, 4.69) is 5.16 Å². The number of carbonyl (C=O) groups excluding carboxylic acids is 1. The highest BCUT2D eigenvalue weighted by Crippen LogP contribution is 2.33. The predicted molar refractivity (Wildman–Crippen MR) is 54.1 cm³/mol. The van der Waals surface area contributed by atoms with Crippen molar-refractivity contribution in [2.24, 2.45) is 5.16 Å². The summed E-state index contributed by atoms with van der Waals surface area (Å²) in [6.45, 7) is 0. The SMILES string of the molecule is COC(=O)C1CC(=NO)c2ccccc21. The van der Waals surface area contributed by atoms with Crippen LogP contribution in [0.25, 0.3) is 0 Å². The molecule has 15 heavy (non-hydrogen) atoms. The van der Waals surface area contributed by atoms with Gasteiger partial charge in [0.05, 0.1) is 18.7 Å². The molecule has 1 aliphatic rings. The summed E-state index contributed by atoms with van der Waals surface area (Å²) in [7, 11) is 1.36. The second-order valence-electron chi connectivity index (χ2n) is 3.41. The normalized spacial score (nSPS) is 21.4. The fourth-order valence-corrected chi connectivity index (χ4v) is 1.92. The number of benzene rings is 1. The van der Waals surface area contributed by atoms with Gasteiger partial charge in [-0.15, -0.1) is 0 Å². The van der Waals surface area contributed by atoms with Gasteiger partial charge in [-0.25, -0.2) is 0 Å². The lowest BCUT2D eigenvalue weighted by atomic mass is 10.0. The molecule has 4 heteroatoms. The second kappa shape index (κ2) is 3.73. The zero-order valence-electron chi connectivity index (χ0n) is 8.30. The van der Waals surface area contributed by atoms with Crippen molar-refractivity contribution in [3.63, 3.8) is 0 Å². The van der Waals surface area contributed by atoms with Crippen LogP contribution in [0, 0.1) is 0 Å². The van der Waals surface area contributed by atoms with Gasteiger partial charge >= 0.3 is 5.97 Å². The first-order valence-electron chi connectivity index (χ1n) is 4.66. The number of fused-ring (bicyclic) bond motifs is 1. The third-order valence-corrected chi connectivity index (χ3v) is 2.65. The van der Waals surface area contributed by atoms with Crippen molar-refractivity contribution in [3.05, 3.63) is 35.4 Å². The maximum absolute atomic E-state index is 11.5. The molecule has 0 amide bonds. The molecule has 4 nitrogen and oxygen atoms in total. The first kappa shape index (κ1) is 9.71. The minimum absolute atomic E-state index is 0.291. The molecular weight excluding hydrogens is 194 g/mol. The standard InChI is InChI=1S/C11H11NO3/c1-15-11(13)9-6-10(12-14)8-5-3-2-4-7(8)9/h2-5,9,14H,6H2,1H3. The van der Waals surface area contributed by atoms with Crippen molar-refractivity contribution >= 4 is 11.7 Å². The van der Waals surface area contributed by atoms with E-state index in [4.69, 9.17) is 9.94 Å². The van der Waals surface area contributed by atoms with Gasteiger partial charge in [-0.05, 0) is 5.56 Å². The Morgan fingerprint density at radius 3 is 2.93 bits per heavy atom. The number of nitrogens with zero attached hydrogens (tertiary/aromatic N) is 1. The molecule has 2 rings (SSSR count). The van der Waals surface area contributed by atoms with Crippen LogP contribution in [0.5, 0.6) is 0 Å². The molecule has 0 fully saturated rings. The van der Waals surface area contributed by atoms with Crippen molar-refractivity contribution in [1.29, 1.82) is 0 Å². The van der Waals surface area contributed by atoms with Crippen molar-refractivity contribution in [2.75, 3.05) is 7.11 Å². The van der Waals surface area contributed by atoms with Gasteiger partial charge in [-0.2, -0.15) is 0 Å². The number of ether oxygens (including phenoxy) is 1. The Kier molecular flexibility index (Phi) is 2.41. The number of oxime groups is 1. The maximum Gasteiger partial charge on any atom is 0.313 e. The van der Waals surface area contributed by atoms with Crippen molar-refractivity contribution in [1.82, 2.24) is 0 Å². The molecule has 1 aromatic rings. The molecule has 78 valence electrons. The van der Waals surface area contributed by atoms with Gasteiger partial charge in [0.15, 0.2) is 0 Å². The maximum atomic E-state index is 11.5. The van der Waals surface area contributed by atoms with Crippen LogP contribution in [-0.4, -0.2) is 24.0 Å². The first-order chi connectivity index (χ1) is 7.27. The summed E-state index contributed by atoms with van der Waals surface area (Å²) >= 11 is 0. The molecule has 1 N–H and O–H groups in total. The Morgan fingerprint density at radius 2 is 2.27 bits per heavy atom. The van der Waals surface area contributed by atoms with E-state index in [9.17, 15) is 4.79 Å². The van der Waals surface area contributed by atoms with Gasteiger partial charge < -0.3 is 9.94 Å². The minimum atomic E-state index is -0.336. The molecule has 0 heterocycles. The summed E-state index contributed by atoms with van der Waals surface area (Å²) in [5.74, 6) is -0.627. The molecule has 0 aliphatic heterocycles. The number of carbonyl (C=O) groups is 1. The zero-order valence-corrected chi connectivity index (χ0v) is 8.30. The number of esters is 1. The zero-order chi connectivity index (χ0) is 10.8. The number of hydrogen-bond acceptors (Lipinski definition) is 4. The van der Waals surface area contributed by atoms with Crippen molar-refractivity contribution < 1.29 is 14.7 Å². The van der Waals surface area contributed by atoms with E-state index < -0.39 is 0 Å². The third-order valence-electron chi connectivity index (χ3n) is 2.65. The molecule has 1 aliphatic carbocycles. The predicted octanol–water partition coefficient (Wildman–Crippen LogP) is 1.53. The average molecular weight is 205 g/mol. The van der Waals surface area contributed by atoms with Gasteiger partial charge in [0.25, 0.3) is 0 Å². The average Bonchev–Trinajstić information content (AvgIpc) is 2.67. The van der Waals surface area contributed by atoms with Gasteiger partial charge in [0.1, 0.15) is 0 Å². The fourth-order valence-electron chi connectivity index (χ4n) is 1.92. The fraction of sp³-hybridized carbons (Fsp3) is 0.273. The van der Waals surface area contributed by atoms with Gasteiger partial charge in [0.2, 0.25) is 0 Å². The molecule has 0 bridgehead atoms. The lowest BCUT2D eigenvalue weighted by Crippen LogP contribution is -2.11. The van der Waals surface area contributed by atoms with Crippen LogP contribution in [0.15, 0.2) is 29.4 Å². The largest absolute Gasteiger partial charge is 0.469 e. The highest BCUT2D eigenvalue weighted by Gasteiger charge is 2.33. The first-order valence-corrected chi connectivity index (χ1v) is 4.66. The van der Waals surface area contributed by atoms with E-state index in [-0.39, 0.29) is 11.9 Å². The number of hydrogen-bond donors (Lipinski definition) is 1. The van der Waals surface area contributed by atoms with Gasteiger partial charge in [-0.3, -0.25) is 4.79 Å². The van der Waals surface area contributed by atoms with Crippen LogP contribution >= 0.6 is 0 Å². The Balaban J connectivity index is 2.46. The van der Waals surface area contributed by atoms with E-state index >= 15 is 0 Å². The number of rotatable bonds is 1. The Morgan fingerprint density at radius 1 is 1.53 bits per heavy atom. The van der Waals surface area contributed by atoms with E-state index in [1.165, 1.54) is 7.11 Å². The van der Waals surface area contributed by atoms with Crippen LogP contribution in [0.2, 0.25) is 0 Å². The summed E-state index contributed by atoms with van der Waals surface area (Å²) in [5, 5.41) is 12.0. The van der Waals surface area contributed by atoms with Gasteiger partial charge in [0, 0.05) is 12.0 Å². The van der Waals surface area contributed by atoms with Crippen LogP contribution in [0.3, 0.4) is 0 Å². The topological polar surface area (TPSA) is 58.9 Å². The van der Waals surface area contributed by atoms with Crippen LogP contribution in [-0.2, 0) is 9.53 Å². The number of methoxy groups -OCH3 is 1. The summed E-state index contributed by atoms with van der Waals surface area (Å²) in [6, 6.07) is 7.40. The molecule has 0 radical (unpaired) electrons. The molecular formula is C11H11NO3. The molecule has 1 unspecified atom stereocenters. The van der Waals surface area contributed by atoms with Crippen LogP contribution in [0.4, 0.5) is 0 Å². The molecule has 1 aromatic carbocycles. The molecule has 0 saturated carbocycles. The van der Waals surface area contributed by atoms with E-state index in [1.54, 1.807) is 0 Å². The lowest BCUT2D eigenvalue weighted by molar-refractivity contribution is -0.142. The Labute approximate surface area is 87.2 Å². The molecule has 0 spiro atoms. The third kappa shape index (κ3) is 1.48. The second-order valence-corrected chi connectivity index (χ2v) is 3.41. The van der Waals surface area contributed by atoms with Crippen LogP contribution in [0.1, 0.15) is 23.5 Å². The van der Waals surface area contributed by atoms with E-state index in [0.29, 0.717) is 12.1 Å². The monoisotopic (exact) mass is 205 g/mol. The lowest BCUT2D eigenvalue weighted by Gasteiger charge is -2.06. The molecule has 0 aromatic heterocycles. The quantitative estimate of drug-likeness (QED) is 0.429. The summed E-state index contributed by atoms with van der Waals surface area (Å²) in [4.78, 5) is 11.5. The van der Waals surface area contributed by atoms with E-state index in [0.717, 1.165) is 11.1 Å². The smallest absolute Gasteiger partial charge is 0.313 e. The highest BCUT2D eigenvalue weighted by atomic mass is 16.5. The Hall–Kier alpha value is -1.84. The summed E-state index contributed by atoms with van der Waals surface area (Å²) < 4.78 is 4.71. The van der Waals surface area contributed by atoms with Gasteiger partial charge in [-0.1, -0.05) is 29.4 Å². The molecule has 1 atom stereocenters. The molecule has 0 saturated heterocycles. The minimum Gasteiger partial charge on any atom is -0.469 e. The van der Waals surface area contributed by atoms with Crippen molar-refractivity contribution in [3.8, 4) is 0 Å². The van der Waals surface area contributed by atoms with E-state index in [1.807, 2.05) is 24.3 Å². The highest BCUT2D eigenvalue weighted by molar-refractivity contribution is 6.08.